The molecule has 0 aliphatic carbocycles. The Kier molecular flexibility index (Phi) is 5.43. The third-order valence-electron chi connectivity index (χ3n) is 5.67. The second kappa shape index (κ2) is 8.14. The van der Waals surface area contributed by atoms with Crippen molar-refractivity contribution in [3.8, 4) is 5.69 Å². The van der Waals surface area contributed by atoms with Crippen LogP contribution in [-0.4, -0.2) is 38.5 Å². The van der Waals surface area contributed by atoms with Crippen molar-refractivity contribution in [2.45, 2.75) is 51.7 Å². The molecule has 0 bridgehead atoms. The summed E-state index contributed by atoms with van der Waals surface area (Å²) in [4.78, 5) is 20.1. The van der Waals surface area contributed by atoms with Crippen LogP contribution >= 0.6 is 0 Å². The molecule has 4 rings (SSSR count). The zero-order valence-corrected chi connectivity index (χ0v) is 16.4. The third kappa shape index (κ3) is 3.67. The van der Waals surface area contributed by atoms with Crippen molar-refractivity contribution in [3.63, 3.8) is 0 Å². The highest BCUT2D eigenvalue weighted by Crippen LogP contribution is 2.26. The van der Waals surface area contributed by atoms with Crippen LogP contribution in [0.25, 0.3) is 16.7 Å². The minimum Gasteiger partial charge on any atom is -0.378 e. The summed E-state index contributed by atoms with van der Waals surface area (Å²) < 4.78 is 7.70. The number of benzene rings is 1. The van der Waals surface area contributed by atoms with Crippen LogP contribution < -0.4 is 10.9 Å². The first-order valence-electron chi connectivity index (χ1n) is 10.1. The molecule has 3 heterocycles. The number of aromatic nitrogens is 4. The summed E-state index contributed by atoms with van der Waals surface area (Å²) in [5.41, 5.74) is 1.25. The first-order chi connectivity index (χ1) is 13.7. The number of anilines is 1. The number of nitrogens with one attached hydrogen (secondary N) is 2. The van der Waals surface area contributed by atoms with Gasteiger partial charge in [0.05, 0.1) is 18.0 Å². The fourth-order valence-corrected chi connectivity index (χ4v) is 4.04. The van der Waals surface area contributed by atoms with Crippen molar-refractivity contribution in [3.05, 3.63) is 46.9 Å². The van der Waals surface area contributed by atoms with Crippen molar-refractivity contribution in [2.75, 3.05) is 11.9 Å². The van der Waals surface area contributed by atoms with Gasteiger partial charge in [0.25, 0.3) is 5.56 Å². The largest absolute Gasteiger partial charge is 0.378 e. The number of hydrogen-bond donors (Lipinski definition) is 2. The third-order valence-corrected chi connectivity index (χ3v) is 5.67. The predicted octanol–water partition coefficient (Wildman–Crippen LogP) is 3.50. The lowest BCUT2D eigenvalue weighted by atomic mass is 9.89. The summed E-state index contributed by atoms with van der Waals surface area (Å²) in [7, 11) is 0. The Morgan fingerprint density at radius 2 is 2.07 bits per heavy atom. The molecule has 1 aliphatic rings. The molecule has 148 valence electrons. The van der Waals surface area contributed by atoms with Crippen LogP contribution in [0.2, 0.25) is 0 Å². The highest BCUT2D eigenvalue weighted by Gasteiger charge is 2.28. The predicted molar refractivity (Wildman–Crippen MR) is 110 cm³/mol. The SMILES string of the molecule is CCC(CC)C1CC(Nc2nc3c(cnn3-c3ccccc3)c(=O)[nH]2)CCO1. The van der Waals surface area contributed by atoms with E-state index < -0.39 is 0 Å². The number of aromatic amines is 1. The molecule has 1 aliphatic heterocycles. The molecule has 1 fully saturated rings. The van der Waals surface area contributed by atoms with Crippen LogP contribution in [0.1, 0.15) is 39.5 Å². The second-order valence-corrected chi connectivity index (χ2v) is 7.40. The minimum absolute atomic E-state index is 0.182. The Labute approximate surface area is 164 Å². The van der Waals surface area contributed by atoms with E-state index in [0.717, 1.165) is 38.0 Å². The van der Waals surface area contributed by atoms with E-state index in [4.69, 9.17) is 4.74 Å². The molecule has 2 N–H and O–H groups in total. The van der Waals surface area contributed by atoms with Gasteiger partial charge in [-0.3, -0.25) is 9.78 Å². The normalized spacial score (nSPS) is 20.0. The van der Waals surface area contributed by atoms with Crippen LogP contribution in [0.15, 0.2) is 41.3 Å². The zero-order chi connectivity index (χ0) is 19.5. The quantitative estimate of drug-likeness (QED) is 0.683. The van der Waals surface area contributed by atoms with Crippen LogP contribution in [0, 0.1) is 5.92 Å². The molecule has 0 saturated carbocycles. The molecule has 0 amide bonds. The molecule has 0 radical (unpaired) electrons. The summed E-state index contributed by atoms with van der Waals surface area (Å²) in [5, 5.41) is 8.27. The highest BCUT2D eigenvalue weighted by atomic mass is 16.5. The Hall–Kier alpha value is -2.67. The molecule has 1 saturated heterocycles. The lowest BCUT2D eigenvalue weighted by Crippen LogP contribution is -2.38. The first kappa shape index (κ1) is 18.7. The monoisotopic (exact) mass is 381 g/mol. The van der Waals surface area contributed by atoms with Crippen LogP contribution in [0.3, 0.4) is 0 Å². The Bertz CT molecular complexity index is 977. The van der Waals surface area contributed by atoms with Gasteiger partial charge in [0.2, 0.25) is 5.95 Å². The van der Waals surface area contributed by atoms with Crippen molar-refractivity contribution in [1.82, 2.24) is 19.7 Å². The number of nitrogens with zero attached hydrogens (tertiary/aromatic N) is 3. The van der Waals surface area contributed by atoms with Gasteiger partial charge >= 0.3 is 0 Å². The summed E-state index contributed by atoms with van der Waals surface area (Å²) >= 11 is 0. The smallest absolute Gasteiger partial charge is 0.263 e. The van der Waals surface area contributed by atoms with Crippen molar-refractivity contribution < 1.29 is 4.74 Å². The molecule has 0 spiro atoms. The molecular weight excluding hydrogens is 354 g/mol. The topological polar surface area (TPSA) is 84.8 Å². The van der Waals surface area contributed by atoms with Crippen molar-refractivity contribution >= 4 is 17.0 Å². The second-order valence-electron chi connectivity index (χ2n) is 7.40. The lowest BCUT2D eigenvalue weighted by Gasteiger charge is -2.34. The maximum Gasteiger partial charge on any atom is 0.263 e. The number of H-pyrrole nitrogens is 1. The van der Waals surface area contributed by atoms with Gasteiger partial charge in [0, 0.05) is 12.6 Å². The molecule has 2 aromatic heterocycles. The van der Waals surface area contributed by atoms with E-state index >= 15 is 0 Å². The van der Waals surface area contributed by atoms with Gasteiger partial charge in [-0.05, 0) is 30.9 Å². The average molecular weight is 381 g/mol. The van der Waals surface area contributed by atoms with Crippen LogP contribution in [0.4, 0.5) is 5.95 Å². The molecular formula is C21H27N5O2. The lowest BCUT2D eigenvalue weighted by molar-refractivity contribution is -0.0271. The summed E-state index contributed by atoms with van der Waals surface area (Å²) in [6, 6.07) is 9.95. The zero-order valence-electron chi connectivity index (χ0n) is 16.4. The first-order valence-corrected chi connectivity index (χ1v) is 10.1. The van der Waals surface area contributed by atoms with E-state index in [1.54, 1.807) is 10.9 Å². The van der Waals surface area contributed by atoms with Gasteiger partial charge in [0.15, 0.2) is 5.65 Å². The molecule has 1 aromatic carbocycles. The Balaban J connectivity index is 1.60. The van der Waals surface area contributed by atoms with Gasteiger partial charge in [0.1, 0.15) is 5.39 Å². The fourth-order valence-electron chi connectivity index (χ4n) is 4.04. The van der Waals surface area contributed by atoms with Crippen LogP contribution in [-0.2, 0) is 4.74 Å². The number of ether oxygens (including phenoxy) is 1. The number of para-hydroxylation sites is 1. The van der Waals surface area contributed by atoms with E-state index in [1.807, 2.05) is 30.3 Å². The summed E-state index contributed by atoms with van der Waals surface area (Å²) in [6.07, 6.45) is 5.88. The van der Waals surface area contributed by atoms with Crippen molar-refractivity contribution in [1.29, 1.82) is 0 Å². The van der Waals surface area contributed by atoms with Gasteiger partial charge in [-0.2, -0.15) is 10.1 Å². The van der Waals surface area contributed by atoms with E-state index in [-0.39, 0.29) is 17.7 Å². The Morgan fingerprint density at radius 3 is 2.82 bits per heavy atom. The standard InChI is InChI=1S/C21H27N5O2/c1-3-14(4-2)18-12-15(10-11-28-18)23-21-24-19-17(20(27)25-21)13-22-26(19)16-8-6-5-7-9-16/h5-9,13-15,18H,3-4,10-12H2,1-2H3,(H2,23,24,25,27). The van der Waals surface area contributed by atoms with Gasteiger partial charge in [-0.15, -0.1) is 0 Å². The van der Waals surface area contributed by atoms with Gasteiger partial charge < -0.3 is 10.1 Å². The number of rotatable bonds is 6. The maximum atomic E-state index is 12.5. The molecule has 7 nitrogen and oxygen atoms in total. The molecule has 2 unspecified atom stereocenters. The van der Waals surface area contributed by atoms with Crippen molar-refractivity contribution in [2.24, 2.45) is 5.92 Å². The molecule has 3 aromatic rings. The average Bonchev–Trinajstić information content (AvgIpc) is 3.14. The van der Waals surface area contributed by atoms with Crippen LogP contribution in [0.5, 0.6) is 0 Å². The van der Waals surface area contributed by atoms with E-state index in [0.29, 0.717) is 22.9 Å². The number of fused-ring (bicyclic) bond motifs is 1. The maximum absolute atomic E-state index is 12.5. The van der Waals surface area contributed by atoms with Gasteiger partial charge in [-0.1, -0.05) is 44.9 Å². The Morgan fingerprint density at radius 1 is 1.29 bits per heavy atom. The summed E-state index contributed by atoms with van der Waals surface area (Å²) in [5.74, 6) is 1.06. The van der Waals surface area contributed by atoms with E-state index in [2.05, 4.69) is 34.2 Å². The van der Waals surface area contributed by atoms with Gasteiger partial charge in [-0.25, -0.2) is 4.68 Å². The highest BCUT2D eigenvalue weighted by molar-refractivity contribution is 5.76. The molecule has 7 heteroatoms. The molecule has 28 heavy (non-hydrogen) atoms. The summed E-state index contributed by atoms with van der Waals surface area (Å²) in [6.45, 7) is 5.16. The minimum atomic E-state index is -0.182. The van der Waals surface area contributed by atoms with E-state index in [9.17, 15) is 4.79 Å². The molecule has 2 atom stereocenters. The fraction of sp³-hybridized carbons (Fsp3) is 0.476. The number of hydrogen-bond acceptors (Lipinski definition) is 5. The van der Waals surface area contributed by atoms with E-state index in [1.165, 1.54) is 0 Å².